The number of nitrogens with zero attached hydrogens (tertiary/aromatic N) is 1. The molecule has 0 aliphatic carbocycles. The molecule has 1 rings (SSSR count). The maximum Gasteiger partial charge on any atom is 0.143 e. The number of nitrogens with two attached hydrogens (primary N) is 2. The van der Waals surface area contributed by atoms with Gasteiger partial charge in [0, 0.05) is 17.7 Å². The Hall–Kier alpha value is -1.80. The number of halogens is 1. The molecule has 0 aromatic heterocycles. The fraction of sp³-hybridized carbons (Fsp3) is 0.222. The summed E-state index contributed by atoms with van der Waals surface area (Å²) in [6, 6.07) is 3.18. The molecule has 0 saturated heterocycles. The molecule has 14 heavy (non-hydrogen) atoms. The van der Waals surface area contributed by atoms with Gasteiger partial charge in [0.05, 0.1) is 18.2 Å². The van der Waals surface area contributed by atoms with E-state index >= 15 is 0 Å². The standard InChI is InChI=1S/C9H10FN3O/c10-5-3-6(7(12)1-2-11)9(14)8(13)4-5/h3-4,7,14H,1,12-13H2/t7-/m0/s1. The summed E-state index contributed by atoms with van der Waals surface area (Å²) < 4.78 is 12.9. The molecule has 0 aliphatic rings. The molecular formula is C9H10FN3O. The number of rotatable bonds is 2. The van der Waals surface area contributed by atoms with E-state index in [4.69, 9.17) is 16.7 Å². The van der Waals surface area contributed by atoms with Crippen LogP contribution in [0.4, 0.5) is 10.1 Å². The molecule has 1 atom stereocenters. The fourth-order valence-electron chi connectivity index (χ4n) is 1.13. The number of anilines is 1. The van der Waals surface area contributed by atoms with Gasteiger partial charge < -0.3 is 16.6 Å². The average molecular weight is 195 g/mol. The molecule has 0 spiro atoms. The van der Waals surface area contributed by atoms with Crippen molar-refractivity contribution in [3.63, 3.8) is 0 Å². The zero-order valence-corrected chi connectivity index (χ0v) is 7.37. The van der Waals surface area contributed by atoms with Crippen LogP contribution in [0.3, 0.4) is 0 Å². The highest BCUT2D eigenvalue weighted by atomic mass is 19.1. The normalized spacial score (nSPS) is 12.1. The Morgan fingerprint density at radius 3 is 2.79 bits per heavy atom. The number of nitrogen functional groups attached to an aromatic ring is 1. The molecule has 0 radical (unpaired) electrons. The smallest absolute Gasteiger partial charge is 0.143 e. The first kappa shape index (κ1) is 10.3. The summed E-state index contributed by atoms with van der Waals surface area (Å²) in [5.41, 5.74) is 10.9. The van der Waals surface area contributed by atoms with E-state index in [0.29, 0.717) is 0 Å². The van der Waals surface area contributed by atoms with E-state index in [0.717, 1.165) is 12.1 Å². The van der Waals surface area contributed by atoms with Crippen LogP contribution in [0.1, 0.15) is 18.0 Å². The van der Waals surface area contributed by atoms with Gasteiger partial charge in [-0.3, -0.25) is 0 Å². The van der Waals surface area contributed by atoms with E-state index in [-0.39, 0.29) is 23.4 Å². The summed E-state index contributed by atoms with van der Waals surface area (Å²) in [6.45, 7) is 0. The minimum Gasteiger partial charge on any atom is -0.505 e. The minimum atomic E-state index is -0.724. The first-order chi connectivity index (χ1) is 6.56. The Morgan fingerprint density at radius 1 is 1.57 bits per heavy atom. The van der Waals surface area contributed by atoms with Gasteiger partial charge in [0.2, 0.25) is 0 Å². The van der Waals surface area contributed by atoms with Crippen LogP contribution < -0.4 is 11.5 Å². The number of hydrogen-bond donors (Lipinski definition) is 3. The number of benzene rings is 1. The Kier molecular flexibility index (Phi) is 2.89. The van der Waals surface area contributed by atoms with Crippen LogP contribution in [-0.2, 0) is 0 Å². The lowest BCUT2D eigenvalue weighted by atomic mass is 10.0. The van der Waals surface area contributed by atoms with Crippen LogP contribution in [0.25, 0.3) is 0 Å². The second-order valence-electron chi connectivity index (χ2n) is 2.90. The average Bonchev–Trinajstić information content (AvgIpc) is 2.11. The summed E-state index contributed by atoms with van der Waals surface area (Å²) in [7, 11) is 0. The van der Waals surface area contributed by atoms with Crippen molar-refractivity contribution >= 4 is 5.69 Å². The summed E-state index contributed by atoms with van der Waals surface area (Å²) >= 11 is 0. The van der Waals surface area contributed by atoms with E-state index in [1.54, 1.807) is 0 Å². The zero-order valence-electron chi connectivity index (χ0n) is 7.37. The van der Waals surface area contributed by atoms with Crippen LogP contribution >= 0.6 is 0 Å². The first-order valence-corrected chi connectivity index (χ1v) is 3.96. The molecule has 0 heterocycles. The number of phenols is 1. The summed E-state index contributed by atoms with van der Waals surface area (Å²) in [5.74, 6) is -0.835. The van der Waals surface area contributed by atoms with Crippen molar-refractivity contribution in [2.45, 2.75) is 12.5 Å². The molecule has 0 saturated carbocycles. The third-order valence-electron chi connectivity index (χ3n) is 1.84. The predicted octanol–water partition coefficient (Wildman–Crippen LogP) is 1.03. The number of phenolic OH excluding ortho intramolecular Hbond substituents is 1. The van der Waals surface area contributed by atoms with Crippen molar-refractivity contribution < 1.29 is 9.50 Å². The lowest BCUT2D eigenvalue weighted by molar-refractivity contribution is 0.462. The molecule has 5 N–H and O–H groups in total. The molecule has 0 fully saturated rings. The van der Waals surface area contributed by atoms with Gasteiger partial charge >= 0.3 is 0 Å². The van der Waals surface area contributed by atoms with E-state index in [1.807, 2.05) is 6.07 Å². The quantitative estimate of drug-likeness (QED) is 0.485. The Labute approximate surface area is 80.6 Å². The molecule has 4 nitrogen and oxygen atoms in total. The third kappa shape index (κ3) is 1.92. The second-order valence-corrected chi connectivity index (χ2v) is 2.90. The van der Waals surface area contributed by atoms with Gasteiger partial charge in [-0.25, -0.2) is 4.39 Å². The molecule has 0 aliphatic heterocycles. The SMILES string of the molecule is N#CC[C@H](N)c1cc(F)cc(N)c1O. The van der Waals surface area contributed by atoms with Crippen LogP contribution in [-0.4, -0.2) is 5.11 Å². The second kappa shape index (κ2) is 3.94. The zero-order chi connectivity index (χ0) is 10.7. The summed E-state index contributed by atoms with van der Waals surface area (Å²) in [4.78, 5) is 0. The van der Waals surface area contributed by atoms with Gasteiger partial charge in [0.25, 0.3) is 0 Å². The van der Waals surface area contributed by atoms with Gasteiger partial charge in [-0.1, -0.05) is 0 Å². The molecular weight excluding hydrogens is 185 g/mol. The Bertz CT molecular complexity index is 386. The summed E-state index contributed by atoms with van der Waals surface area (Å²) in [5, 5.41) is 17.8. The van der Waals surface area contributed by atoms with Gasteiger partial charge in [0.1, 0.15) is 11.6 Å². The topological polar surface area (TPSA) is 96.1 Å². The van der Waals surface area contributed by atoms with Crippen LogP contribution in [0, 0.1) is 17.1 Å². The Balaban J connectivity index is 3.14. The van der Waals surface area contributed by atoms with Gasteiger partial charge in [-0.2, -0.15) is 5.26 Å². The van der Waals surface area contributed by atoms with Gasteiger partial charge in [0.15, 0.2) is 0 Å². The van der Waals surface area contributed by atoms with Crippen molar-refractivity contribution in [1.29, 1.82) is 5.26 Å². The highest BCUT2D eigenvalue weighted by molar-refractivity contribution is 5.57. The third-order valence-corrected chi connectivity index (χ3v) is 1.84. The molecule has 0 unspecified atom stereocenters. The maximum absolute atomic E-state index is 12.9. The van der Waals surface area contributed by atoms with Crippen molar-refractivity contribution in [1.82, 2.24) is 0 Å². The number of aromatic hydroxyl groups is 1. The van der Waals surface area contributed by atoms with Crippen LogP contribution in [0.2, 0.25) is 0 Å². The highest BCUT2D eigenvalue weighted by Gasteiger charge is 2.14. The fourth-order valence-corrected chi connectivity index (χ4v) is 1.13. The van der Waals surface area contributed by atoms with Crippen LogP contribution in [0.15, 0.2) is 12.1 Å². The molecule has 1 aromatic carbocycles. The maximum atomic E-state index is 12.9. The first-order valence-electron chi connectivity index (χ1n) is 3.96. The van der Waals surface area contributed by atoms with Crippen molar-refractivity contribution in [3.05, 3.63) is 23.5 Å². The van der Waals surface area contributed by atoms with E-state index in [9.17, 15) is 9.50 Å². The lowest BCUT2D eigenvalue weighted by Crippen LogP contribution is -2.10. The molecule has 5 heteroatoms. The molecule has 1 aromatic rings. The lowest BCUT2D eigenvalue weighted by Gasteiger charge is -2.11. The predicted molar refractivity (Wildman–Crippen MR) is 49.6 cm³/mol. The van der Waals surface area contributed by atoms with Crippen molar-refractivity contribution in [2.24, 2.45) is 5.73 Å². The van der Waals surface area contributed by atoms with Gasteiger partial charge in [-0.15, -0.1) is 0 Å². The largest absolute Gasteiger partial charge is 0.505 e. The monoisotopic (exact) mass is 195 g/mol. The van der Waals surface area contributed by atoms with Crippen molar-refractivity contribution in [2.75, 3.05) is 5.73 Å². The Morgan fingerprint density at radius 2 is 2.21 bits per heavy atom. The van der Waals surface area contributed by atoms with E-state index in [2.05, 4.69) is 0 Å². The molecule has 0 bridgehead atoms. The number of nitriles is 1. The number of hydrogen-bond acceptors (Lipinski definition) is 4. The van der Waals surface area contributed by atoms with Gasteiger partial charge in [-0.05, 0) is 6.07 Å². The van der Waals surface area contributed by atoms with Crippen molar-refractivity contribution in [3.8, 4) is 11.8 Å². The summed E-state index contributed by atoms with van der Waals surface area (Å²) in [6.07, 6.45) is -0.00352. The van der Waals surface area contributed by atoms with Crippen LogP contribution in [0.5, 0.6) is 5.75 Å². The molecule has 74 valence electrons. The van der Waals surface area contributed by atoms with E-state index in [1.165, 1.54) is 0 Å². The highest BCUT2D eigenvalue weighted by Crippen LogP contribution is 2.31. The van der Waals surface area contributed by atoms with E-state index < -0.39 is 11.9 Å². The molecule has 0 amide bonds. The minimum absolute atomic E-state index is 0.00352.